The second kappa shape index (κ2) is 24.8. The summed E-state index contributed by atoms with van der Waals surface area (Å²) in [6, 6.07) is -0.681. The lowest BCUT2D eigenvalue weighted by atomic mass is 10.0. The average molecular weight is 544 g/mol. The van der Waals surface area contributed by atoms with Gasteiger partial charge in [0.25, 0.3) is 0 Å². The molecule has 0 aliphatic rings. The maximum absolute atomic E-state index is 11.9. The summed E-state index contributed by atoms with van der Waals surface area (Å²) in [6.45, 7) is 2.37. The normalized spacial score (nSPS) is 13.4. The Morgan fingerprint density at radius 1 is 0.711 bits per heavy atom. The van der Waals surface area contributed by atoms with Crippen molar-refractivity contribution in [2.75, 3.05) is 41.0 Å². The summed E-state index contributed by atoms with van der Waals surface area (Å²) in [5.74, 6) is -1.40. The topological polar surface area (TPSA) is 95.9 Å². The van der Waals surface area contributed by atoms with Crippen LogP contribution < -0.4 is 5.11 Å². The van der Waals surface area contributed by atoms with Crippen molar-refractivity contribution in [3.8, 4) is 0 Å². The van der Waals surface area contributed by atoms with Crippen molar-refractivity contribution in [1.29, 1.82) is 0 Å². The monoisotopic (exact) mass is 543 g/mol. The molecular weight excluding hydrogens is 482 g/mol. The van der Waals surface area contributed by atoms with Crippen LogP contribution in [0.1, 0.15) is 135 Å². The second-order valence-electron chi connectivity index (χ2n) is 11.9. The smallest absolute Gasteiger partial charge is 0.305 e. The van der Waals surface area contributed by atoms with Gasteiger partial charge in [0.05, 0.1) is 40.3 Å². The van der Waals surface area contributed by atoms with Gasteiger partial charge < -0.3 is 29.0 Å². The standard InChI is InChI=1S/C31H61NO6/c1-5-6-7-8-9-10-11-12-13-14-15-16-17-18-19-20-21-22-23-30(34)38-27-28(33)26-37-25-24-29(31(35)36)32(2,3)4/h28-29,33H,5-27H2,1-4H3. The van der Waals surface area contributed by atoms with E-state index < -0.39 is 18.1 Å². The molecule has 0 rings (SSSR count). The van der Waals surface area contributed by atoms with Gasteiger partial charge >= 0.3 is 5.97 Å². The quantitative estimate of drug-likeness (QED) is 0.0789. The van der Waals surface area contributed by atoms with E-state index in [2.05, 4.69) is 6.92 Å². The number of carboxylic acid groups (broad SMARTS) is 1. The fraction of sp³-hybridized carbons (Fsp3) is 0.935. The van der Waals surface area contributed by atoms with E-state index >= 15 is 0 Å². The van der Waals surface area contributed by atoms with Gasteiger partial charge in [0.2, 0.25) is 0 Å². The largest absolute Gasteiger partial charge is 0.544 e. The molecule has 0 saturated carbocycles. The number of carbonyl (C=O) groups is 2. The predicted octanol–water partition coefficient (Wildman–Crippen LogP) is 5.55. The van der Waals surface area contributed by atoms with Gasteiger partial charge in [0.1, 0.15) is 18.8 Å². The number of aliphatic carboxylic acids is 1. The lowest BCUT2D eigenvalue weighted by Crippen LogP contribution is -2.55. The molecule has 0 aromatic heterocycles. The van der Waals surface area contributed by atoms with Crippen LogP contribution in [0.4, 0.5) is 0 Å². The maximum atomic E-state index is 11.9. The third-order valence-electron chi connectivity index (χ3n) is 7.22. The number of quaternary nitrogens is 1. The zero-order valence-corrected chi connectivity index (χ0v) is 25.4. The lowest BCUT2D eigenvalue weighted by Gasteiger charge is -2.34. The zero-order valence-electron chi connectivity index (χ0n) is 25.4. The van der Waals surface area contributed by atoms with E-state index in [1.54, 1.807) is 21.1 Å². The van der Waals surface area contributed by atoms with Gasteiger partial charge in [-0.05, 0) is 6.42 Å². The van der Waals surface area contributed by atoms with Gasteiger partial charge in [0.15, 0.2) is 0 Å². The molecule has 0 aliphatic heterocycles. The molecule has 0 aromatic rings. The minimum Gasteiger partial charge on any atom is -0.544 e. The molecule has 38 heavy (non-hydrogen) atoms. The van der Waals surface area contributed by atoms with Crippen LogP contribution in [0.5, 0.6) is 0 Å². The van der Waals surface area contributed by atoms with Crippen LogP contribution in [-0.2, 0) is 19.1 Å². The summed E-state index contributed by atoms with van der Waals surface area (Å²) in [5, 5.41) is 21.2. The number of hydrogen-bond donors (Lipinski definition) is 1. The summed E-state index contributed by atoms with van der Waals surface area (Å²) in [5.41, 5.74) is 0. The molecule has 7 heteroatoms. The van der Waals surface area contributed by atoms with Crippen LogP contribution in [0.15, 0.2) is 0 Å². The van der Waals surface area contributed by atoms with Gasteiger partial charge in [-0.15, -0.1) is 0 Å². The molecule has 0 bridgehead atoms. The molecule has 2 unspecified atom stereocenters. The highest BCUT2D eigenvalue weighted by molar-refractivity contribution is 5.69. The third-order valence-corrected chi connectivity index (χ3v) is 7.22. The molecule has 2 atom stereocenters. The van der Waals surface area contributed by atoms with Crippen LogP contribution in [-0.4, -0.2) is 74.6 Å². The molecule has 226 valence electrons. The number of nitrogens with zero attached hydrogens (tertiary/aromatic N) is 1. The molecule has 0 heterocycles. The van der Waals surface area contributed by atoms with Crippen LogP contribution >= 0.6 is 0 Å². The average Bonchev–Trinajstić information content (AvgIpc) is 2.85. The molecule has 1 N–H and O–H groups in total. The van der Waals surface area contributed by atoms with E-state index in [-0.39, 0.29) is 36.7 Å². The Kier molecular flexibility index (Phi) is 24.1. The molecule has 0 spiro atoms. The number of unbranched alkanes of at least 4 members (excludes halogenated alkanes) is 17. The number of carboxylic acids is 1. The van der Waals surface area contributed by atoms with Crippen molar-refractivity contribution in [3.05, 3.63) is 0 Å². The van der Waals surface area contributed by atoms with Gasteiger partial charge in [-0.1, -0.05) is 116 Å². The molecule has 0 radical (unpaired) electrons. The van der Waals surface area contributed by atoms with Gasteiger partial charge in [-0.3, -0.25) is 4.79 Å². The van der Waals surface area contributed by atoms with E-state index in [9.17, 15) is 19.8 Å². The summed E-state index contributed by atoms with van der Waals surface area (Å²) in [7, 11) is 5.36. The van der Waals surface area contributed by atoms with E-state index in [1.165, 1.54) is 96.3 Å². The number of likely N-dealkylation sites (N-methyl/N-ethyl adjacent to an activating group) is 1. The zero-order chi connectivity index (χ0) is 28.5. The molecular formula is C31H61NO6. The number of aliphatic hydroxyl groups excluding tert-OH is 1. The van der Waals surface area contributed by atoms with E-state index in [1.807, 2.05) is 0 Å². The van der Waals surface area contributed by atoms with E-state index in [0.29, 0.717) is 6.42 Å². The molecule has 0 saturated heterocycles. The Morgan fingerprint density at radius 2 is 1.13 bits per heavy atom. The van der Waals surface area contributed by atoms with Gasteiger partial charge in [-0.2, -0.15) is 0 Å². The Hall–Kier alpha value is -1.18. The first kappa shape index (κ1) is 36.8. The van der Waals surface area contributed by atoms with Crippen LogP contribution in [0.3, 0.4) is 0 Å². The third kappa shape index (κ3) is 23.9. The first-order valence-corrected chi connectivity index (χ1v) is 15.6. The number of ether oxygens (including phenoxy) is 2. The fourth-order valence-corrected chi connectivity index (χ4v) is 4.72. The maximum Gasteiger partial charge on any atom is 0.305 e. The number of aliphatic hydroxyl groups is 1. The van der Waals surface area contributed by atoms with E-state index in [0.717, 1.165) is 19.3 Å². The van der Waals surface area contributed by atoms with Crippen molar-refractivity contribution < 1.29 is 33.8 Å². The molecule has 0 amide bonds. The van der Waals surface area contributed by atoms with E-state index in [4.69, 9.17) is 9.47 Å². The van der Waals surface area contributed by atoms with Crippen LogP contribution in [0, 0.1) is 0 Å². The number of hydrogen-bond acceptors (Lipinski definition) is 6. The highest BCUT2D eigenvalue weighted by atomic mass is 16.5. The first-order chi connectivity index (χ1) is 18.2. The number of rotatable bonds is 28. The summed E-state index contributed by atoms with van der Waals surface area (Å²) >= 11 is 0. The number of carbonyl (C=O) groups excluding carboxylic acids is 2. The van der Waals surface area contributed by atoms with Gasteiger partial charge in [0, 0.05) is 12.8 Å². The van der Waals surface area contributed by atoms with Crippen molar-refractivity contribution >= 4 is 11.9 Å². The minimum atomic E-state index is -1.12. The van der Waals surface area contributed by atoms with Crippen molar-refractivity contribution in [2.24, 2.45) is 0 Å². The lowest BCUT2D eigenvalue weighted by molar-refractivity contribution is -0.889. The second-order valence-corrected chi connectivity index (χ2v) is 11.9. The molecule has 0 aromatic carbocycles. The highest BCUT2D eigenvalue weighted by Crippen LogP contribution is 2.15. The highest BCUT2D eigenvalue weighted by Gasteiger charge is 2.24. The van der Waals surface area contributed by atoms with Crippen LogP contribution in [0.25, 0.3) is 0 Å². The minimum absolute atomic E-state index is 0.00336. The summed E-state index contributed by atoms with van der Waals surface area (Å²) in [4.78, 5) is 23.1. The number of esters is 1. The van der Waals surface area contributed by atoms with Crippen molar-refractivity contribution in [1.82, 2.24) is 0 Å². The fourth-order valence-electron chi connectivity index (χ4n) is 4.72. The van der Waals surface area contributed by atoms with Crippen molar-refractivity contribution in [2.45, 2.75) is 147 Å². The molecule has 7 nitrogen and oxygen atoms in total. The van der Waals surface area contributed by atoms with Gasteiger partial charge in [-0.25, -0.2) is 0 Å². The Bertz CT molecular complexity index is 563. The molecule has 0 fully saturated rings. The predicted molar refractivity (Wildman–Crippen MR) is 153 cm³/mol. The van der Waals surface area contributed by atoms with Crippen LogP contribution in [0.2, 0.25) is 0 Å². The Labute approximate surface area is 234 Å². The summed E-state index contributed by atoms with van der Waals surface area (Å²) < 4.78 is 10.7. The summed E-state index contributed by atoms with van der Waals surface area (Å²) in [6.07, 6.45) is 23.4. The molecule has 0 aliphatic carbocycles. The Balaban J connectivity index is 3.44. The SMILES string of the molecule is CCCCCCCCCCCCCCCCCCCCC(=O)OCC(O)COCCC(C(=O)[O-])[N+](C)(C)C. The first-order valence-electron chi connectivity index (χ1n) is 15.6. The Morgan fingerprint density at radius 3 is 1.53 bits per heavy atom. The van der Waals surface area contributed by atoms with Crippen molar-refractivity contribution in [3.63, 3.8) is 0 Å².